The number of rotatable bonds is 16. The molecule has 7 heteroatoms. The van der Waals surface area contributed by atoms with E-state index in [0.717, 1.165) is 19.3 Å². The summed E-state index contributed by atoms with van der Waals surface area (Å²) >= 11 is 0. The van der Waals surface area contributed by atoms with Gasteiger partial charge in [0, 0.05) is 0 Å². The smallest absolute Gasteiger partial charge is 0.548 e. The Morgan fingerprint density at radius 1 is 1.00 bits per heavy atom. The molecule has 0 saturated carbocycles. The molecule has 0 heterocycles. The molecular formula is C16H29NaO6. The summed E-state index contributed by atoms with van der Waals surface area (Å²) in [4.78, 5) is 20.8. The summed E-state index contributed by atoms with van der Waals surface area (Å²) < 4.78 is 10.1. The Labute approximate surface area is 161 Å². The molecule has 0 fully saturated rings. The van der Waals surface area contributed by atoms with Crippen molar-refractivity contribution in [1.82, 2.24) is 0 Å². The van der Waals surface area contributed by atoms with E-state index in [-0.39, 0.29) is 42.3 Å². The fourth-order valence-corrected chi connectivity index (χ4v) is 2.18. The van der Waals surface area contributed by atoms with E-state index in [9.17, 15) is 14.7 Å². The van der Waals surface area contributed by atoms with Gasteiger partial charge in [0.25, 0.3) is 0 Å². The van der Waals surface area contributed by atoms with Crippen LogP contribution in [0.3, 0.4) is 0 Å². The predicted octanol–water partition coefficient (Wildman–Crippen LogP) is -1.24. The summed E-state index contributed by atoms with van der Waals surface area (Å²) in [5, 5.41) is 18.9. The van der Waals surface area contributed by atoms with Crippen molar-refractivity contribution in [2.24, 2.45) is 0 Å². The number of aliphatic carboxylic acids is 2. The van der Waals surface area contributed by atoms with Crippen LogP contribution in [0.15, 0.2) is 0 Å². The number of carboxylic acids is 2. The third-order valence-corrected chi connectivity index (χ3v) is 3.35. The summed E-state index contributed by atoms with van der Waals surface area (Å²) in [5.41, 5.74) is 0. The van der Waals surface area contributed by atoms with Crippen LogP contribution in [0.4, 0.5) is 0 Å². The van der Waals surface area contributed by atoms with Gasteiger partial charge in [-0.3, -0.25) is 0 Å². The Hall–Kier alpha value is -0.140. The minimum Gasteiger partial charge on any atom is -0.548 e. The summed E-state index contributed by atoms with van der Waals surface area (Å²) in [6.07, 6.45) is 9.77. The quantitative estimate of drug-likeness (QED) is 0.279. The van der Waals surface area contributed by atoms with Crippen LogP contribution in [-0.4, -0.2) is 43.0 Å². The molecule has 1 atom stereocenters. The van der Waals surface area contributed by atoms with Crippen LogP contribution in [-0.2, 0) is 19.1 Å². The van der Waals surface area contributed by atoms with Gasteiger partial charge in [-0.2, -0.15) is 0 Å². The largest absolute Gasteiger partial charge is 1.00 e. The van der Waals surface area contributed by atoms with Gasteiger partial charge >= 0.3 is 35.5 Å². The molecule has 1 N–H and O–H groups in total. The van der Waals surface area contributed by atoms with Crippen molar-refractivity contribution in [3.05, 3.63) is 0 Å². The summed E-state index contributed by atoms with van der Waals surface area (Å²) in [5.74, 6) is -2.33. The van der Waals surface area contributed by atoms with Gasteiger partial charge in [0.1, 0.15) is 6.61 Å². The van der Waals surface area contributed by atoms with Crippen LogP contribution in [0.25, 0.3) is 0 Å². The van der Waals surface area contributed by atoms with Crippen LogP contribution in [0, 0.1) is 0 Å². The fourth-order valence-electron chi connectivity index (χ4n) is 2.18. The third-order valence-electron chi connectivity index (χ3n) is 3.35. The van der Waals surface area contributed by atoms with E-state index in [4.69, 9.17) is 14.6 Å². The molecule has 0 aromatic rings. The second-order valence-corrected chi connectivity index (χ2v) is 5.48. The number of carboxylic acid groups (broad SMARTS) is 2. The molecule has 0 rings (SSSR count). The fraction of sp³-hybridized carbons (Fsp3) is 0.875. The van der Waals surface area contributed by atoms with Gasteiger partial charge in [0.15, 0.2) is 0 Å². The molecule has 0 amide bonds. The second kappa shape index (κ2) is 18.2. The normalized spacial score (nSPS) is 11.7. The second-order valence-electron chi connectivity index (χ2n) is 5.48. The van der Waals surface area contributed by atoms with Crippen LogP contribution in [0.5, 0.6) is 0 Å². The van der Waals surface area contributed by atoms with E-state index in [1.54, 1.807) is 0 Å². The van der Waals surface area contributed by atoms with E-state index in [1.165, 1.54) is 32.1 Å². The van der Waals surface area contributed by atoms with Crippen molar-refractivity contribution in [1.29, 1.82) is 0 Å². The first-order valence-corrected chi connectivity index (χ1v) is 8.17. The zero-order chi connectivity index (χ0) is 16.6. The van der Waals surface area contributed by atoms with Gasteiger partial charge in [-0.25, -0.2) is 4.79 Å². The van der Waals surface area contributed by atoms with Crippen LogP contribution in [0.2, 0.25) is 0 Å². The zero-order valence-electron chi connectivity index (χ0n) is 14.6. The molecule has 0 saturated heterocycles. The van der Waals surface area contributed by atoms with Crippen molar-refractivity contribution < 1.29 is 58.8 Å². The number of ether oxygens (including phenoxy) is 2. The first-order chi connectivity index (χ1) is 10.6. The first kappa shape index (κ1) is 25.1. The first-order valence-electron chi connectivity index (χ1n) is 8.17. The molecule has 0 radical (unpaired) electrons. The van der Waals surface area contributed by atoms with Crippen LogP contribution < -0.4 is 34.7 Å². The molecule has 0 aliphatic rings. The van der Waals surface area contributed by atoms with Gasteiger partial charge in [0.05, 0.1) is 25.3 Å². The Morgan fingerprint density at radius 3 is 2.09 bits per heavy atom. The van der Waals surface area contributed by atoms with Gasteiger partial charge in [-0.15, -0.1) is 0 Å². The number of carbonyl (C=O) groups is 2. The maximum Gasteiger partial charge on any atom is 1.00 e. The van der Waals surface area contributed by atoms with E-state index in [1.807, 2.05) is 0 Å². The van der Waals surface area contributed by atoms with Crippen LogP contribution in [0.1, 0.15) is 64.7 Å². The standard InChI is InChI=1S/C16H30O6.Na/c1-2-3-4-5-6-7-8-9-10-14(22-13-16(19)20)11-21-12-15(17)18;/h14H,2-13H2,1H3,(H,17,18)(H,19,20);/q;+1/p-1. The number of carbonyl (C=O) groups excluding carboxylic acids is 1. The van der Waals surface area contributed by atoms with Gasteiger partial charge in [-0.05, 0) is 6.42 Å². The number of unbranched alkanes of at least 4 members (excludes halogenated alkanes) is 7. The average molecular weight is 340 g/mol. The molecule has 0 aromatic heterocycles. The molecule has 0 aromatic carbocycles. The van der Waals surface area contributed by atoms with E-state index in [0.29, 0.717) is 6.42 Å². The predicted molar refractivity (Wildman–Crippen MR) is 80.4 cm³/mol. The maximum atomic E-state index is 10.5. The maximum absolute atomic E-state index is 10.5. The SMILES string of the molecule is CCCCCCCCCCC(COCC(=O)[O-])OCC(=O)O.[Na+]. The molecule has 0 spiro atoms. The number of hydrogen-bond donors (Lipinski definition) is 1. The minimum atomic E-state index is -1.29. The molecular weight excluding hydrogens is 311 g/mol. The van der Waals surface area contributed by atoms with E-state index >= 15 is 0 Å². The van der Waals surface area contributed by atoms with Crippen molar-refractivity contribution in [2.75, 3.05) is 19.8 Å². The van der Waals surface area contributed by atoms with Crippen molar-refractivity contribution in [3.63, 3.8) is 0 Å². The molecule has 0 bridgehead atoms. The molecule has 1 unspecified atom stereocenters. The molecule has 23 heavy (non-hydrogen) atoms. The van der Waals surface area contributed by atoms with Gasteiger partial charge in [-0.1, -0.05) is 58.3 Å². The summed E-state index contributed by atoms with van der Waals surface area (Å²) in [6.45, 7) is 1.39. The monoisotopic (exact) mass is 340 g/mol. The zero-order valence-corrected chi connectivity index (χ0v) is 16.6. The van der Waals surface area contributed by atoms with Gasteiger partial charge in [0.2, 0.25) is 0 Å². The summed E-state index contributed by atoms with van der Waals surface area (Å²) in [6, 6.07) is 0. The third kappa shape index (κ3) is 19.8. The minimum absolute atomic E-state index is 0. The van der Waals surface area contributed by atoms with Gasteiger partial charge < -0.3 is 24.5 Å². The Bertz CT molecular complexity index is 298. The van der Waals surface area contributed by atoms with Crippen molar-refractivity contribution >= 4 is 11.9 Å². The number of hydrogen-bond acceptors (Lipinski definition) is 5. The average Bonchev–Trinajstić information content (AvgIpc) is 2.46. The molecule has 130 valence electrons. The Kier molecular flexibility index (Phi) is 19.9. The van der Waals surface area contributed by atoms with E-state index < -0.39 is 25.2 Å². The van der Waals surface area contributed by atoms with Crippen molar-refractivity contribution in [3.8, 4) is 0 Å². The topological polar surface area (TPSA) is 95.9 Å². The molecule has 6 nitrogen and oxygen atoms in total. The molecule has 0 aliphatic heterocycles. The Morgan fingerprint density at radius 2 is 1.57 bits per heavy atom. The Balaban J connectivity index is 0. The molecule has 0 aliphatic carbocycles. The van der Waals surface area contributed by atoms with Crippen LogP contribution >= 0.6 is 0 Å². The van der Waals surface area contributed by atoms with E-state index in [2.05, 4.69) is 6.92 Å². The van der Waals surface area contributed by atoms with Crippen molar-refractivity contribution in [2.45, 2.75) is 70.8 Å². The summed E-state index contributed by atoms with van der Waals surface area (Å²) in [7, 11) is 0.